The first kappa shape index (κ1) is 23.8. The van der Waals surface area contributed by atoms with Gasteiger partial charge in [0.25, 0.3) is 0 Å². The van der Waals surface area contributed by atoms with Crippen LogP contribution in [0.2, 0.25) is 0 Å². The fourth-order valence-corrected chi connectivity index (χ4v) is 7.45. The zero-order valence-electron chi connectivity index (χ0n) is 20.5. The lowest BCUT2D eigenvalue weighted by atomic mass is 9.75. The largest absolute Gasteiger partial charge is 0.335 e. The van der Waals surface area contributed by atoms with Crippen LogP contribution in [0.3, 0.4) is 0 Å². The summed E-state index contributed by atoms with van der Waals surface area (Å²) in [4.78, 5) is 19.5. The molecule has 6 rings (SSSR count). The molecule has 5 aliphatic heterocycles. The molecule has 5 saturated heterocycles. The van der Waals surface area contributed by atoms with Gasteiger partial charge in [-0.1, -0.05) is 0 Å². The summed E-state index contributed by atoms with van der Waals surface area (Å²) in [5.41, 5.74) is 0. The highest BCUT2D eigenvalue weighted by molar-refractivity contribution is 5.74. The summed E-state index contributed by atoms with van der Waals surface area (Å²) in [5, 5.41) is 8.70. The van der Waals surface area contributed by atoms with Gasteiger partial charge in [0.15, 0.2) is 0 Å². The molecule has 7 atom stereocenters. The maximum absolute atomic E-state index is 13.6. The Hall–Kier alpha value is -0.960. The number of amides is 2. The van der Waals surface area contributed by atoms with Gasteiger partial charge in [0, 0.05) is 63.9 Å². The standard InChI is InChI=1S/C25H45FN6O/c26-21-4-3-5-22(15-21)29-25(33)28-16-23-14-19-7-9-32(23)18-20(19)17-30-10-12-31(13-11-30)24-6-1-2-8-27-24/h19-24,27H,1-18H2,(H2,28,29,33)/p+2/t19-,20+,21?,22?,23+,24?/m0/s1. The quantitative estimate of drug-likeness (QED) is 0.429. The fourth-order valence-electron chi connectivity index (χ4n) is 7.45. The van der Waals surface area contributed by atoms with Crippen LogP contribution in [0.1, 0.15) is 57.8 Å². The molecule has 0 aromatic heterocycles. The third-order valence-corrected chi connectivity index (χ3v) is 9.41. The Morgan fingerprint density at radius 2 is 1.91 bits per heavy atom. The first-order valence-corrected chi connectivity index (χ1v) is 14.0. The SMILES string of the molecule is O=C(NC[C@H]1C[C@@H]2CC[NH+]1C[C@H]2CN1CCN(C2CCCC[NH2+]2)CC1)NC1CCCC(F)C1. The number of carbonyl (C=O) groups is 1. The van der Waals surface area contributed by atoms with Crippen LogP contribution in [-0.2, 0) is 0 Å². The third-order valence-electron chi connectivity index (χ3n) is 9.41. The molecule has 7 nitrogen and oxygen atoms in total. The molecule has 5 N–H and O–H groups in total. The number of nitrogens with one attached hydrogen (secondary N) is 3. The van der Waals surface area contributed by atoms with Crippen LogP contribution in [0.25, 0.3) is 0 Å². The maximum atomic E-state index is 13.6. The van der Waals surface area contributed by atoms with Gasteiger partial charge in [0.05, 0.1) is 26.2 Å². The van der Waals surface area contributed by atoms with Crippen molar-refractivity contribution < 1.29 is 19.4 Å². The van der Waals surface area contributed by atoms with Gasteiger partial charge in [-0.05, 0) is 44.4 Å². The van der Waals surface area contributed by atoms with Crippen LogP contribution in [0.15, 0.2) is 0 Å². The summed E-state index contributed by atoms with van der Waals surface area (Å²) in [5.74, 6) is 1.63. The summed E-state index contributed by atoms with van der Waals surface area (Å²) >= 11 is 0. The Morgan fingerprint density at radius 1 is 1.03 bits per heavy atom. The molecule has 5 heterocycles. The van der Waals surface area contributed by atoms with Crippen LogP contribution >= 0.6 is 0 Å². The van der Waals surface area contributed by atoms with E-state index in [1.54, 1.807) is 4.90 Å². The topological polar surface area (TPSA) is 68.7 Å². The molecule has 0 radical (unpaired) electrons. The second-order valence-electron chi connectivity index (χ2n) is 11.6. The Labute approximate surface area is 199 Å². The molecular weight excluding hydrogens is 419 g/mol. The van der Waals surface area contributed by atoms with Gasteiger partial charge in [-0.2, -0.15) is 0 Å². The van der Waals surface area contributed by atoms with Gasteiger partial charge in [-0.3, -0.25) is 4.90 Å². The van der Waals surface area contributed by atoms with E-state index in [1.165, 1.54) is 84.5 Å². The molecular formula is C25H47FN6O+2. The summed E-state index contributed by atoms with van der Waals surface area (Å²) in [7, 11) is 0. The zero-order valence-corrected chi connectivity index (χ0v) is 20.5. The fraction of sp³-hybridized carbons (Fsp3) is 0.960. The van der Waals surface area contributed by atoms with Crippen molar-refractivity contribution in [3.8, 4) is 0 Å². The van der Waals surface area contributed by atoms with Gasteiger partial charge in [-0.25, -0.2) is 9.18 Å². The van der Waals surface area contributed by atoms with Crippen LogP contribution in [-0.4, -0.2) is 99.2 Å². The van der Waals surface area contributed by atoms with Crippen LogP contribution in [0.4, 0.5) is 9.18 Å². The van der Waals surface area contributed by atoms with Gasteiger partial charge < -0.3 is 25.8 Å². The van der Waals surface area contributed by atoms with Crippen molar-refractivity contribution in [2.45, 2.75) is 82.2 Å². The first-order valence-electron chi connectivity index (χ1n) is 14.0. The Kier molecular flexibility index (Phi) is 8.06. The molecule has 188 valence electrons. The highest BCUT2D eigenvalue weighted by Gasteiger charge is 2.44. The summed E-state index contributed by atoms with van der Waals surface area (Å²) in [6.45, 7) is 10.8. The Morgan fingerprint density at radius 3 is 2.64 bits per heavy atom. The summed E-state index contributed by atoms with van der Waals surface area (Å²) in [6, 6.07) is 0.454. The van der Waals surface area contributed by atoms with Crippen molar-refractivity contribution in [1.82, 2.24) is 20.4 Å². The van der Waals surface area contributed by atoms with Crippen molar-refractivity contribution in [2.24, 2.45) is 11.8 Å². The number of urea groups is 1. The van der Waals surface area contributed by atoms with Crippen molar-refractivity contribution in [3.63, 3.8) is 0 Å². The second kappa shape index (κ2) is 11.2. The number of alkyl halides is 1. The zero-order chi connectivity index (χ0) is 22.6. The van der Waals surface area contributed by atoms with E-state index >= 15 is 0 Å². The Balaban J connectivity index is 1.02. The Bertz CT molecular complexity index is 638. The van der Waals surface area contributed by atoms with Crippen molar-refractivity contribution >= 4 is 6.03 Å². The van der Waals surface area contributed by atoms with Crippen molar-refractivity contribution in [1.29, 1.82) is 0 Å². The van der Waals surface area contributed by atoms with E-state index in [0.29, 0.717) is 18.9 Å². The number of hydrogen-bond acceptors (Lipinski definition) is 3. The lowest BCUT2D eigenvalue weighted by Crippen LogP contribution is -3.20. The van der Waals surface area contributed by atoms with Crippen molar-refractivity contribution in [3.05, 3.63) is 0 Å². The molecule has 1 saturated carbocycles. The predicted octanol–water partition coefficient (Wildman–Crippen LogP) is -0.449. The second-order valence-corrected chi connectivity index (χ2v) is 11.6. The van der Waals surface area contributed by atoms with E-state index < -0.39 is 6.17 Å². The first-order chi connectivity index (χ1) is 16.1. The van der Waals surface area contributed by atoms with E-state index in [4.69, 9.17) is 0 Å². The number of nitrogens with zero attached hydrogens (tertiary/aromatic N) is 2. The monoisotopic (exact) mass is 466 g/mol. The average Bonchev–Trinajstić information content (AvgIpc) is 2.84. The van der Waals surface area contributed by atoms with Gasteiger partial charge in [0.1, 0.15) is 18.4 Å². The maximum Gasteiger partial charge on any atom is 0.315 e. The molecule has 33 heavy (non-hydrogen) atoms. The molecule has 6 fully saturated rings. The molecule has 2 amide bonds. The lowest BCUT2D eigenvalue weighted by Gasteiger charge is -2.49. The molecule has 8 heteroatoms. The molecule has 0 aromatic carbocycles. The molecule has 0 aromatic rings. The van der Waals surface area contributed by atoms with Gasteiger partial charge >= 0.3 is 6.03 Å². The van der Waals surface area contributed by atoms with Crippen LogP contribution in [0, 0.1) is 11.8 Å². The number of rotatable bonds is 6. The van der Waals surface area contributed by atoms with E-state index in [0.717, 1.165) is 37.4 Å². The van der Waals surface area contributed by atoms with Crippen LogP contribution in [0.5, 0.6) is 0 Å². The average molecular weight is 467 g/mol. The number of nitrogens with two attached hydrogens (primary N) is 1. The number of piperazine rings is 1. The number of halogens is 1. The number of piperidine rings is 4. The number of quaternary nitrogens is 2. The molecule has 6 aliphatic rings. The normalized spacial score (nSPS) is 40.5. The number of hydrogen-bond donors (Lipinski definition) is 4. The van der Waals surface area contributed by atoms with Gasteiger partial charge in [-0.15, -0.1) is 0 Å². The minimum Gasteiger partial charge on any atom is -0.335 e. The number of fused-ring (bicyclic) bond motifs is 3. The minimum atomic E-state index is -0.751. The summed E-state index contributed by atoms with van der Waals surface area (Å²) < 4.78 is 13.6. The molecule has 1 aliphatic carbocycles. The van der Waals surface area contributed by atoms with E-state index in [2.05, 4.69) is 25.8 Å². The van der Waals surface area contributed by atoms with E-state index in [9.17, 15) is 9.18 Å². The van der Waals surface area contributed by atoms with E-state index in [-0.39, 0.29) is 12.1 Å². The van der Waals surface area contributed by atoms with Gasteiger partial charge in [0.2, 0.25) is 0 Å². The van der Waals surface area contributed by atoms with Crippen molar-refractivity contribution in [2.75, 3.05) is 58.9 Å². The van der Waals surface area contributed by atoms with E-state index in [1.807, 2.05) is 0 Å². The highest BCUT2D eigenvalue weighted by Crippen LogP contribution is 2.28. The highest BCUT2D eigenvalue weighted by atomic mass is 19.1. The summed E-state index contributed by atoms with van der Waals surface area (Å²) in [6.07, 6.45) is 9.65. The minimum absolute atomic E-state index is 0.00469. The smallest absolute Gasteiger partial charge is 0.315 e. The lowest BCUT2D eigenvalue weighted by molar-refractivity contribution is -0.945. The number of carbonyl (C=O) groups excluding carboxylic acids is 1. The molecule has 2 bridgehead atoms. The predicted molar refractivity (Wildman–Crippen MR) is 127 cm³/mol. The third kappa shape index (κ3) is 6.19. The molecule has 4 unspecified atom stereocenters. The van der Waals surface area contributed by atoms with Crippen LogP contribution < -0.4 is 20.9 Å². The molecule has 0 spiro atoms.